The van der Waals surface area contributed by atoms with Crippen molar-refractivity contribution >= 4 is 107 Å². The number of H-pyrrole nitrogens is 1. The van der Waals surface area contributed by atoms with Crippen LogP contribution in [0.1, 0.15) is 140 Å². The molecule has 1 aromatic heterocycles. The van der Waals surface area contributed by atoms with E-state index in [4.69, 9.17) is 33.5 Å². The number of nitrogens with zero attached hydrogens (tertiary/aromatic N) is 3. The van der Waals surface area contributed by atoms with Gasteiger partial charge < -0.3 is 132 Å². The van der Waals surface area contributed by atoms with E-state index in [1.54, 1.807) is 74.5 Å². The maximum Gasteiger partial charge on any atom is 0.326 e. The smallest absolute Gasteiger partial charge is 0.326 e. The Bertz CT molecular complexity index is 4030. The highest BCUT2D eigenvalue weighted by molar-refractivity contribution is 6.01. The van der Waals surface area contributed by atoms with Crippen molar-refractivity contribution in [3.05, 3.63) is 90.0 Å². The van der Waals surface area contributed by atoms with Crippen LogP contribution in [0.2, 0.25) is 0 Å². The van der Waals surface area contributed by atoms with Gasteiger partial charge in [-0.3, -0.25) is 82.1 Å². The number of hydrogen-bond donors (Lipinski definition) is 24. The van der Waals surface area contributed by atoms with Gasteiger partial charge in [-0.2, -0.15) is 0 Å². The summed E-state index contributed by atoms with van der Waals surface area (Å²) in [5, 5.41) is 97.0. The van der Waals surface area contributed by atoms with Crippen LogP contribution in [0.15, 0.2) is 73.2 Å². The van der Waals surface area contributed by atoms with E-state index >= 15 is 9.59 Å². The molecule has 121 heavy (non-hydrogen) atoms. The van der Waals surface area contributed by atoms with Crippen molar-refractivity contribution in [1.29, 1.82) is 5.41 Å². The Morgan fingerprint density at radius 1 is 0.496 bits per heavy atom. The second-order valence-electron chi connectivity index (χ2n) is 29.9. The summed E-state index contributed by atoms with van der Waals surface area (Å²) < 4.78 is 0. The average molecular weight is 1700 g/mol. The van der Waals surface area contributed by atoms with Crippen molar-refractivity contribution in [1.82, 2.24) is 83.6 Å². The molecule has 2 aliphatic heterocycles. The summed E-state index contributed by atoms with van der Waals surface area (Å²) in [6.45, 7) is 2.65. The van der Waals surface area contributed by atoms with E-state index in [9.17, 15) is 97.5 Å². The van der Waals surface area contributed by atoms with Crippen LogP contribution >= 0.6 is 0 Å². The number of nitrogens with two attached hydrogens (primary N) is 4. The van der Waals surface area contributed by atoms with E-state index in [1.165, 1.54) is 24.3 Å². The molecule has 5 rings (SSSR count). The molecule has 44 nitrogen and oxygen atoms in total. The van der Waals surface area contributed by atoms with E-state index in [1.807, 2.05) is 0 Å². The number of carboxylic acids is 3. The van der Waals surface area contributed by atoms with E-state index < -0.39 is 249 Å². The summed E-state index contributed by atoms with van der Waals surface area (Å²) in [6.07, 6.45) is -2.71. The van der Waals surface area contributed by atoms with E-state index in [0.717, 1.165) is 4.90 Å². The van der Waals surface area contributed by atoms with Gasteiger partial charge in [0.1, 0.15) is 84.6 Å². The minimum absolute atomic E-state index is 0.00501. The lowest BCUT2D eigenvalue weighted by atomic mass is 9.99. The number of amides is 14. The highest BCUT2D eigenvalue weighted by Crippen LogP contribution is 2.24. The third-order valence-corrected chi connectivity index (χ3v) is 19.9. The highest BCUT2D eigenvalue weighted by atomic mass is 16.4. The number of rotatable bonds is 53. The largest absolute Gasteiger partial charge is 0.481 e. The third kappa shape index (κ3) is 33.4. The SMILES string of the molecule is CC(C)C[C@H](NC(=O)[C@H](Cc1ccccc1)NC(=O)[C@H](Cc1c[nH]cn1)NC(=O)[C@@H](NC(=O)[C@@H](N)CO)[C@@H](C)O)C(=O)N1CCC[C@H]1C(=O)N[C@@H](CCCNC(=N)N)C(=O)N[C@@H](Cc1ccccc1)C(=O)N[C@@H](CCCCN)C(=O)N[C@@H](CCC(N)=O)C(=O)N[C@@H](CO)C(=O)N[C@@H](CCC(=O)O)C(=O)N1CCC[C@H]1C(=O)N[C@@H](CCC(=O)O)C(=O)O. The van der Waals surface area contributed by atoms with Crippen molar-refractivity contribution in [3.63, 3.8) is 0 Å². The molecule has 0 unspecified atom stereocenters. The predicted molar refractivity (Wildman–Crippen MR) is 428 cm³/mol. The number of primary amides is 1. The Balaban J connectivity index is 1.40. The third-order valence-electron chi connectivity index (χ3n) is 19.9. The second-order valence-corrected chi connectivity index (χ2v) is 29.9. The zero-order valence-electron chi connectivity index (χ0n) is 67.6. The zero-order valence-corrected chi connectivity index (χ0v) is 67.6. The standard InChI is InChI=1S/C77H115N21O23/c1-41(2)33-55(94-68(112)53(35-44-17-8-5-9-18-44)92-69(113)54(36-45-37-83-40-85-45)93-73(117)62(42(3)101)96-63(107)46(79)38-99)75(119)98-32-14-21-57(98)71(115)88-48(20-12-30-84-77(81)82)65(109)91-52(34-43-15-6-4-7-16-43)67(111)86-47(19-10-11-29-78)64(108)87-49(23-26-59(80)102)66(110)95-56(39-100)70(114)89-50(24-27-60(103)104)74(118)97-31-13-22-58(97)72(116)90-51(76(120)121)25-28-61(105)106/h4-9,15-18,37,40-42,46-58,62,99-101H,10-14,19-36,38-39,78-79H2,1-3H3,(H2,80,102)(H,83,85)(H,86,111)(H,87,108)(H,88,115)(H,89,114)(H,90,116)(H,91,109)(H,92,113)(H,93,117)(H,94,112)(H,95,110)(H,96,107)(H,103,104)(H,105,106)(H,120,121)(H4,81,82,84)/t42-,46+,47+,48+,49+,50+,51+,52+,53+,54+,55+,56+,57+,58+,62+/m1/s1. The second kappa shape index (κ2) is 50.6. The number of benzene rings is 2. The van der Waals surface area contributed by atoms with E-state index in [-0.39, 0.29) is 121 Å². The topological polar surface area (TPSA) is 719 Å². The highest BCUT2D eigenvalue weighted by Gasteiger charge is 2.44. The number of imidazole rings is 1. The minimum Gasteiger partial charge on any atom is -0.481 e. The molecule has 0 radical (unpaired) electrons. The fourth-order valence-corrected chi connectivity index (χ4v) is 13.4. The van der Waals surface area contributed by atoms with Crippen LogP contribution < -0.4 is 86.7 Å². The van der Waals surface area contributed by atoms with Gasteiger partial charge >= 0.3 is 17.9 Å². The quantitative estimate of drug-likeness (QED) is 0.0142. The number of nitrogens with one attached hydrogen (secondary N) is 14. The van der Waals surface area contributed by atoms with Crippen LogP contribution in [-0.4, -0.2) is 287 Å². The Morgan fingerprint density at radius 2 is 0.917 bits per heavy atom. The fraction of sp³-hybridized carbons (Fsp3) is 0.571. The minimum atomic E-state index is -1.99. The lowest BCUT2D eigenvalue weighted by Gasteiger charge is -2.32. The molecule has 2 aliphatic rings. The zero-order chi connectivity index (χ0) is 89.6. The van der Waals surface area contributed by atoms with Crippen LogP contribution in [0, 0.1) is 11.3 Å². The first kappa shape index (κ1) is 99.3. The fourth-order valence-electron chi connectivity index (χ4n) is 13.4. The number of aromatic nitrogens is 2. The molecule has 3 heterocycles. The number of aliphatic carboxylic acids is 3. The molecular formula is C77H115N21O23. The summed E-state index contributed by atoms with van der Waals surface area (Å²) in [6, 6.07) is -5.49. The van der Waals surface area contributed by atoms with Gasteiger partial charge in [0.25, 0.3) is 0 Å². The van der Waals surface area contributed by atoms with Crippen molar-refractivity contribution in [2.24, 2.45) is 28.9 Å². The summed E-state index contributed by atoms with van der Waals surface area (Å²) in [5.74, 6) is -19.1. The van der Waals surface area contributed by atoms with Gasteiger partial charge in [-0.05, 0) is 114 Å². The predicted octanol–water partition coefficient (Wildman–Crippen LogP) is -7.04. The van der Waals surface area contributed by atoms with Gasteiger partial charge in [-0.1, -0.05) is 74.5 Å². The number of guanidine groups is 1. The summed E-state index contributed by atoms with van der Waals surface area (Å²) in [5.41, 5.74) is 23.9. The maximum absolute atomic E-state index is 15.1. The first-order chi connectivity index (χ1) is 57.4. The first-order valence-electron chi connectivity index (χ1n) is 39.8. The molecule has 0 aliphatic carbocycles. The number of aliphatic hydroxyl groups is 3. The number of hydrogen-bond acceptors (Lipinski definition) is 24. The Hall–Kier alpha value is -12.3. The molecular weight excluding hydrogens is 1590 g/mol. The molecule has 0 bridgehead atoms. The molecule has 2 aromatic carbocycles. The van der Waals surface area contributed by atoms with Crippen LogP contribution in [0.25, 0.3) is 0 Å². The average Bonchev–Trinajstić information content (AvgIpc) is 1.74. The lowest BCUT2D eigenvalue weighted by molar-refractivity contribution is -0.146. The van der Waals surface area contributed by atoms with Gasteiger partial charge in [0.2, 0.25) is 82.7 Å². The van der Waals surface area contributed by atoms with Gasteiger partial charge in [0, 0.05) is 64.4 Å². The Kier molecular flexibility index (Phi) is 41.5. The molecule has 666 valence electrons. The monoisotopic (exact) mass is 1700 g/mol. The van der Waals surface area contributed by atoms with E-state index in [0.29, 0.717) is 11.1 Å². The molecule has 44 heteroatoms. The lowest BCUT2D eigenvalue weighted by Crippen LogP contribution is -2.62. The van der Waals surface area contributed by atoms with Crippen LogP contribution in [0.5, 0.6) is 0 Å². The number of likely N-dealkylation sites (tertiary alicyclic amines) is 2. The molecule has 28 N–H and O–H groups in total. The molecule has 15 atom stereocenters. The van der Waals surface area contributed by atoms with Gasteiger partial charge in [-0.15, -0.1) is 0 Å². The Labute approximate surface area is 696 Å². The molecule has 0 saturated carbocycles. The number of carbonyl (C=O) groups is 17. The van der Waals surface area contributed by atoms with Crippen molar-refractivity contribution in [2.75, 3.05) is 39.4 Å². The number of carbonyl (C=O) groups excluding carboxylic acids is 14. The number of aliphatic hydroxyl groups excluding tert-OH is 3. The van der Waals surface area contributed by atoms with Gasteiger partial charge in [0.05, 0.1) is 31.3 Å². The number of unbranched alkanes of at least 4 members (excludes halogenated alkanes) is 1. The summed E-state index contributed by atoms with van der Waals surface area (Å²) >= 11 is 0. The van der Waals surface area contributed by atoms with Gasteiger partial charge in [-0.25, -0.2) is 9.78 Å². The summed E-state index contributed by atoms with van der Waals surface area (Å²) in [7, 11) is 0. The van der Waals surface area contributed by atoms with Crippen molar-refractivity contribution in [3.8, 4) is 0 Å². The van der Waals surface area contributed by atoms with Gasteiger partial charge in [0.15, 0.2) is 5.96 Å². The maximum atomic E-state index is 15.1. The first-order valence-corrected chi connectivity index (χ1v) is 39.8. The van der Waals surface area contributed by atoms with Crippen molar-refractivity contribution < 1.29 is 112 Å². The molecule has 3 aromatic rings. The molecule has 14 amide bonds. The molecule has 2 fully saturated rings. The van der Waals surface area contributed by atoms with Crippen molar-refractivity contribution in [2.45, 2.75) is 233 Å². The summed E-state index contributed by atoms with van der Waals surface area (Å²) in [4.78, 5) is 243. The molecule has 0 spiro atoms. The number of carboxylic acid groups (broad SMARTS) is 3. The Morgan fingerprint density at radius 3 is 1.37 bits per heavy atom. The van der Waals surface area contributed by atoms with E-state index in [2.05, 4.69) is 73.8 Å². The molecule has 2 saturated heterocycles. The number of aromatic amines is 1. The van der Waals surface area contributed by atoms with Crippen LogP contribution in [-0.2, 0) is 101 Å². The van der Waals surface area contributed by atoms with Crippen LogP contribution in [0.3, 0.4) is 0 Å². The normalized spacial score (nSPS) is 16.9. The van der Waals surface area contributed by atoms with Crippen LogP contribution in [0.4, 0.5) is 0 Å².